The summed E-state index contributed by atoms with van der Waals surface area (Å²) in [6.45, 7) is -0.352. The van der Waals surface area contributed by atoms with Crippen molar-refractivity contribution in [2.24, 2.45) is 0 Å². The molecule has 0 saturated carbocycles. The molecule has 0 aromatic heterocycles. The second-order valence-electron chi connectivity index (χ2n) is 2.34. The first kappa shape index (κ1) is 7.54. The Morgan fingerprint density at radius 1 is 0.917 bits per heavy atom. The average Bonchev–Trinajstić information content (AvgIpc) is 1.78. The van der Waals surface area contributed by atoms with Crippen molar-refractivity contribution in [2.75, 3.05) is 20.4 Å². The van der Waals surface area contributed by atoms with E-state index in [4.69, 9.17) is 32.1 Å². The van der Waals surface area contributed by atoms with Gasteiger partial charge in [0.25, 0.3) is 0 Å². The van der Waals surface area contributed by atoms with E-state index in [-0.39, 0.29) is 20.4 Å². The standard InChI is InChI=1S/C4H7O7P/c1-5-4(6-1)11-12(7-2-8-12)9-3-10-12/h4H,1-3H2. The molecule has 0 N–H and O–H groups in total. The Labute approximate surface area is 67.7 Å². The molecule has 0 unspecified atom stereocenters. The molecule has 7 nitrogen and oxygen atoms in total. The summed E-state index contributed by atoms with van der Waals surface area (Å²) in [5, 5.41) is 0. The van der Waals surface area contributed by atoms with Gasteiger partial charge in [-0.3, -0.25) is 0 Å². The number of ether oxygens (including phenoxy) is 2. The quantitative estimate of drug-likeness (QED) is 0.596. The molecule has 0 radical (unpaired) electrons. The van der Waals surface area contributed by atoms with Gasteiger partial charge in [-0.2, -0.15) is 0 Å². The second-order valence-corrected chi connectivity index (χ2v) is 5.08. The minimum absolute atomic E-state index is 0.116. The van der Waals surface area contributed by atoms with Crippen LogP contribution in [0.3, 0.4) is 0 Å². The monoisotopic (exact) mass is 198 g/mol. The van der Waals surface area contributed by atoms with Crippen molar-refractivity contribution in [3.63, 3.8) is 0 Å². The van der Waals surface area contributed by atoms with E-state index in [0.717, 1.165) is 0 Å². The van der Waals surface area contributed by atoms with Gasteiger partial charge in [-0.1, -0.05) is 0 Å². The first-order valence-electron chi connectivity index (χ1n) is 3.35. The van der Waals surface area contributed by atoms with Crippen molar-refractivity contribution in [2.45, 2.75) is 6.48 Å². The van der Waals surface area contributed by atoms with Crippen LogP contribution < -0.4 is 0 Å². The molecule has 0 amide bonds. The fraction of sp³-hybridized carbons (Fsp3) is 1.00. The van der Waals surface area contributed by atoms with Crippen LogP contribution in [-0.4, -0.2) is 26.9 Å². The van der Waals surface area contributed by atoms with Crippen LogP contribution in [0.25, 0.3) is 0 Å². The van der Waals surface area contributed by atoms with E-state index in [9.17, 15) is 0 Å². The van der Waals surface area contributed by atoms with Crippen LogP contribution in [0, 0.1) is 0 Å². The summed E-state index contributed by atoms with van der Waals surface area (Å²) in [6.07, 6.45) is 0. The Bertz CT molecular complexity index is 186. The van der Waals surface area contributed by atoms with E-state index < -0.39 is 14.2 Å². The zero-order valence-electron chi connectivity index (χ0n) is 6.00. The van der Waals surface area contributed by atoms with Gasteiger partial charge in [0, 0.05) is 0 Å². The Morgan fingerprint density at radius 3 is 1.75 bits per heavy atom. The van der Waals surface area contributed by atoms with Crippen LogP contribution in [0.4, 0.5) is 0 Å². The van der Waals surface area contributed by atoms with Crippen LogP contribution >= 0.6 is 7.74 Å². The van der Waals surface area contributed by atoms with Crippen LogP contribution in [0.2, 0.25) is 0 Å². The van der Waals surface area contributed by atoms with E-state index in [1.807, 2.05) is 0 Å². The Kier molecular flexibility index (Phi) is 1.35. The summed E-state index contributed by atoms with van der Waals surface area (Å²) in [7, 11) is -3.58. The van der Waals surface area contributed by atoms with Crippen LogP contribution in [-0.2, 0) is 32.1 Å². The molecule has 12 heavy (non-hydrogen) atoms. The van der Waals surface area contributed by atoms with E-state index in [1.165, 1.54) is 0 Å². The molecule has 3 saturated heterocycles. The zero-order chi connectivity index (χ0) is 8.10. The van der Waals surface area contributed by atoms with Crippen LogP contribution in [0.1, 0.15) is 0 Å². The van der Waals surface area contributed by atoms with Gasteiger partial charge in [-0.25, -0.2) is 0 Å². The van der Waals surface area contributed by atoms with Gasteiger partial charge in [0.05, 0.1) is 0 Å². The molecule has 3 heterocycles. The molecular weight excluding hydrogens is 191 g/mol. The van der Waals surface area contributed by atoms with Crippen molar-refractivity contribution in [1.29, 1.82) is 0 Å². The summed E-state index contributed by atoms with van der Waals surface area (Å²) in [5.41, 5.74) is 0. The van der Waals surface area contributed by atoms with Crippen LogP contribution in [0.15, 0.2) is 0 Å². The molecule has 3 aliphatic heterocycles. The Morgan fingerprint density at radius 2 is 1.50 bits per heavy atom. The molecule has 70 valence electrons. The first-order valence-corrected chi connectivity index (χ1v) is 5.18. The summed E-state index contributed by atoms with van der Waals surface area (Å²) >= 11 is 0. The second kappa shape index (κ2) is 2.14. The molecule has 0 aromatic rings. The molecule has 0 aromatic carbocycles. The minimum atomic E-state index is -3.58. The molecule has 3 fully saturated rings. The van der Waals surface area contributed by atoms with Gasteiger partial charge in [0.15, 0.2) is 0 Å². The topological polar surface area (TPSA) is 64.6 Å². The predicted molar refractivity (Wildman–Crippen MR) is 32.9 cm³/mol. The summed E-state index contributed by atoms with van der Waals surface area (Å²) < 4.78 is 34.9. The fourth-order valence-corrected chi connectivity index (χ4v) is 2.63. The van der Waals surface area contributed by atoms with E-state index in [1.54, 1.807) is 0 Å². The summed E-state index contributed by atoms with van der Waals surface area (Å²) in [6, 6.07) is 0. The van der Waals surface area contributed by atoms with Gasteiger partial charge in [0.1, 0.15) is 0 Å². The third kappa shape index (κ3) is 0.822. The molecule has 0 atom stereocenters. The van der Waals surface area contributed by atoms with Crippen LogP contribution in [0.5, 0.6) is 0 Å². The third-order valence-corrected chi connectivity index (χ3v) is 4.35. The molecular formula is C4H7O7P. The summed E-state index contributed by atoms with van der Waals surface area (Å²) in [5.74, 6) is 0. The molecule has 3 aliphatic rings. The molecule has 1 spiro atoms. The number of hydrogen-bond donors (Lipinski definition) is 0. The maximum atomic E-state index is 5.13. The number of rotatable bonds is 2. The zero-order valence-corrected chi connectivity index (χ0v) is 6.90. The van der Waals surface area contributed by atoms with E-state index in [0.29, 0.717) is 0 Å². The average molecular weight is 198 g/mol. The fourth-order valence-electron chi connectivity index (χ4n) is 0.959. The van der Waals surface area contributed by atoms with E-state index in [2.05, 4.69) is 0 Å². The van der Waals surface area contributed by atoms with Crippen molar-refractivity contribution < 1.29 is 32.1 Å². The van der Waals surface area contributed by atoms with Crippen molar-refractivity contribution in [3.8, 4) is 0 Å². The molecule has 8 heteroatoms. The van der Waals surface area contributed by atoms with Gasteiger partial charge in [-0.05, 0) is 0 Å². The van der Waals surface area contributed by atoms with Gasteiger partial charge < -0.3 is 0 Å². The SMILES string of the molecule is C1OC(OP23(OCO2)OCO3)O1. The van der Waals surface area contributed by atoms with E-state index >= 15 is 0 Å². The Hall–Kier alpha value is 0.150. The number of hydrogen-bond acceptors (Lipinski definition) is 7. The predicted octanol–water partition coefficient (Wildman–Crippen LogP) is 0.428. The third-order valence-electron chi connectivity index (χ3n) is 1.72. The van der Waals surface area contributed by atoms with Crippen molar-refractivity contribution in [3.05, 3.63) is 0 Å². The van der Waals surface area contributed by atoms with Gasteiger partial charge >= 0.3 is 66.7 Å². The molecule has 0 bridgehead atoms. The van der Waals surface area contributed by atoms with Gasteiger partial charge in [-0.15, -0.1) is 0 Å². The van der Waals surface area contributed by atoms with Gasteiger partial charge in [0.2, 0.25) is 0 Å². The van der Waals surface area contributed by atoms with Crippen molar-refractivity contribution in [1.82, 2.24) is 0 Å². The maximum absolute atomic E-state index is 5.13. The molecule has 0 aliphatic carbocycles. The summed E-state index contributed by atoms with van der Waals surface area (Å²) in [4.78, 5) is 0. The normalized spacial score (nSPS) is 40.2. The first-order chi connectivity index (χ1) is 5.81. The molecule has 3 rings (SSSR count). The van der Waals surface area contributed by atoms with Crippen molar-refractivity contribution >= 4 is 7.74 Å². The Balaban J connectivity index is 1.70.